The third-order valence-corrected chi connectivity index (χ3v) is 4.20. The molecule has 0 unspecified atom stereocenters. The van der Waals surface area contributed by atoms with Gasteiger partial charge in [0.1, 0.15) is 0 Å². The lowest BCUT2D eigenvalue weighted by molar-refractivity contribution is 0.454. The monoisotopic (exact) mass is 246 g/mol. The molecule has 0 aromatic heterocycles. The minimum Gasteiger partial charge on any atom is -0.333 e. The molecule has 90 valence electrons. The molecule has 0 spiro atoms. The predicted molar refractivity (Wildman–Crippen MR) is 75.7 cm³/mol. The second kappa shape index (κ2) is 4.75. The van der Waals surface area contributed by atoms with Crippen molar-refractivity contribution in [2.75, 3.05) is 18.0 Å². The summed E-state index contributed by atoms with van der Waals surface area (Å²) < 4.78 is 0. The molecule has 0 amide bonds. The van der Waals surface area contributed by atoms with Crippen molar-refractivity contribution in [2.45, 2.75) is 31.7 Å². The second-order valence-electron chi connectivity index (χ2n) is 4.87. The number of para-hydroxylation sites is 1. The van der Waals surface area contributed by atoms with Gasteiger partial charge in [0.25, 0.3) is 0 Å². The van der Waals surface area contributed by atoms with Gasteiger partial charge in [-0.1, -0.05) is 30.4 Å². The van der Waals surface area contributed by atoms with Crippen molar-refractivity contribution in [3.05, 3.63) is 29.8 Å². The van der Waals surface area contributed by atoms with Crippen molar-refractivity contribution >= 4 is 22.9 Å². The van der Waals surface area contributed by atoms with Gasteiger partial charge < -0.3 is 10.2 Å². The molecule has 0 radical (unpaired) electrons. The molecule has 1 aromatic rings. The zero-order valence-electron chi connectivity index (χ0n) is 9.98. The SMILES string of the molecule is S=C1CCc2ccccc2N1C1CCNCC1. The fourth-order valence-corrected chi connectivity index (χ4v) is 3.27. The van der Waals surface area contributed by atoms with Crippen LogP contribution in [0.25, 0.3) is 0 Å². The third kappa shape index (κ3) is 2.09. The van der Waals surface area contributed by atoms with Crippen LogP contribution in [0.4, 0.5) is 5.69 Å². The van der Waals surface area contributed by atoms with Gasteiger partial charge in [0.2, 0.25) is 0 Å². The third-order valence-electron chi connectivity index (χ3n) is 3.80. The van der Waals surface area contributed by atoms with Crippen LogP contribution in [0.3, 0.4) is 0 Å². The molecule has 1 aromatic carbocycles. The summed E-state index contributed by atoms with van der Waals surface area (Å²) in [6, 6.07) is 9.33. The molecule has 0 atom stereocenters. The lowest BCUT2D eigenvalue weighted by Gasteiger charge is -2.40. The Labute approximate surface area is 108 Å². The number of fused-ring (bicyclic) bond motifs is 1. The molecule has 1 N–H and O–H groups in total. The van der Waals surface area contributed by atoms with Crippen LogP contribution in [0.5, 0.6) is 0 Å². The number of nitrogens with zero attached hydrogens (tertiary/aromatic N) is 1. The fourth-order valence-electron chi connectivity index (χ4n) is 2.92. The average molecular weight is 246 g/mol. The molecular weight excluding hydrogens is 228 g/mol. The largest absolute Gasteiger partial charge is 0.333 e. The highest BCUT2D eigenvalue weighted by Gasteiger charge is 2.28. The van der Waals surface area contributed by atoms with E-state index in [1.165, 1.54) is 24.1 Å². The van der Waals surface area contributed by atoms with E-state index in [1.54, 1.807) is 0 Å². The van der Waals surface area contributed by atoms with E-state index in [1.807, 2.05) is 0 Å². The number of aryl methyl sites for hydroxylation is 1. The standard InChI is InChI=1S/C14H18N2S/c17-14-6-5-11-3-1-2-4-13(11)16(14)12-7-9-15-10-8-12/h1-4,12,15H,5-10H2. The van der Waals surface area contributed by atoms with Crippen LogP contribution in [0.15, 0.2) is 24.3 Å². The van der Waals surface area contributed by atoms with Gasteiger partial charge in [-0.05, 0) is 44.0 Å². The Bertz CT molecular complexity index is 424. The second-order valence-corrected chi connectivity index (χ2v) is 5.34. The first-order chi connectivity index (χ1) is 8.36. The van der Waals surface area contributed by atoms with Crippen LogP contribution >= 0.6 is 12.2 Å². The van der Waals surface area contributed by atoms with Gasteiger partial charge in [-0.3, -0.25) is 0 Å². The predicted octanol–water partition coefficient (Wildman–Crippen LogP) is 2.52. The number of hydrogen-bond donors (Lipinski definition) is 1. The van der Waals surface area contributed by atoms with Gasteiger partial charge in [-0.15, -0.1) is 0 Å². The Morgan fingerprint density at radius 1 is 1.12 bits per heavy atom. The maximum absolute atomic E-state index is 5.59. The Morgan fingerprint density at radius 2 is 1.88 bits per heavy atom. The number of hydrogen-bond acceptors (Lipinski definition) is 2. The van der Waals surface area contributed by atoms with Crippen LogP contribution in [0.1, 0.15) is 24.8 Å². The molecule has 0 saturated carbocycles. The van der Waals surface area contributed by atoms with E-state index in [0.29, 0.717) is 6.04 Å². The zero-order chi connectivity index (χ0) is 11.7. The van der Waals surface area contributed by atoms with Gasteiger partial charge in [0.15, 0.2) is 0 Å². The molecular formula is C14H18N2S. The minimum absolute atomic E-state index is 0.602. The van der Waals surface area contributed by atoms with Crippen LogP contribution in [0, 0.1) is 0 Å². The van der Waals surface area contributed by atoms with Crippen LogP contribution < -0.4 is 10.2 Å². The summed E-state index contributed by atoms with van der Waals surface area (Å²) in [6.07, 6.45) is 4.55. The number of thiocarbonyl (C=S) groups is 1. The minimum atomic E-state index is 0.602. The highest BCUT2D eigenvalue weighted by Crippen LogP contribution is 2.32. The highest BCUT2D eigenvalue weighted by molar-refractivity contribution is 7.80. The number of piperidine rings is 1. The number of rotatable bonds is 1. The smallest absolute Gasteiger partial charge is 0.0829 e. The molecule has 1 fully saturated rings. The van der Waals surface area contributed by atoms with E-state index in [9.17, 15) is 0 Å². The van der Waals surface area contributed by atoms with Gasteiger partial charge in [-0.25, -0.2) is 0 Å². The molecule has 2 aliphatic heterocycles. The van der Waals surface area contributed by atoms with E-state index in [-0.39, 0.29) is 0 Å². The topological polar surface area (TPSA) is 15.3 Å². The van der Waals surface area contributed by atoms with Crippen molar-refractivity contribution in [3.8, 4) is 0 Å². The Hall–Kier alpha value is -0.930. The van der Waals surface area contributed by atoms with E-state index in [0.717, 1.165) is 30.9 Å². The van der Waals surface area contributed by atoms with Gasteiger partial charge >= 0.3 is 0 Å². The normalized spacial score (nSPS) is 21.4. The molecule has 2 nitrogen and oxygen atoms in total. The number of benzene rings is 1. The fraction of sp³-hybridized carbons (Fsp3) is 0.500. The molecule has 3 heteroatoms. The van der Waals surface area contributed by atoms with Crippen molar-refractivity contribution in [1.82, 2.24) is 5.32 Å². The molecule has 3 rings (SSSR count). The molecule has 17 heavy (non-hydrogen) atoms. The summed E-state index contributed by atoms with van der Waals surface area (Å²) in [5.41, 5.74) is 2.82. The quantitative estimate of drug-likeness (QED) is 0.767. The highest BCUT2D eigenvalue weighted by atomic mass is 32.1. The first-order valence-corrected chi connectivity index (χ1v) is 6.88. The first-order valence-electron chi connectivity index (χ1n) is 6.47. The van der Waals surface area contributed by atoms with Crippen molar-refractivity contribution in [3.63, 3.8) is 0 Å². The molecule has 2 aliphatic rings. The van der Waals surface area contributed by atoms with Crippen molar-refractivity contribution in [1.29, 1.82) is 0 Å². The van der Waals surface area contributed by atoms with E-state index in [4.69, 9.17) is 12.2 Å². The van der Waals surface area contributed by atoms with Crippen molar-refractivity contribution in [2.24, 2.45) is 0 Å². The van der Waals surface area contributed by atoms with E-state index >= 15 is 0 Å². The Balaban J connectivity index is 1.94. The summed E-state index contributed by atoms with van der Waals surface area (Å²) in [4.78, 5) is 3.56. The lowest BCUT2D eigenvalue weighted by Crippen LogP contribution is -2.47. The summed E-state index contributed by atoms with van der Waals surface area (Å²) in [6.45, 7) is 2.23. The van der Waals surface area contributed by atoms with E-state index in [2.05, 4.69) is 34.5 Å². The molecule has 1 saturated heterocycles. The molecule has 0 bridgehead atoms. The summed E-state index contributed by atoms with van der Waals surface area (Å²) in [5, 5.41) is 3.42. The van der Waals surface area contributed by atoms with Crippen molar-refractivity contribution < 1.29 is 0 Å². The number of anilines is 1. The van der Waals surface area contributed by atoms with Gasteiger partial charge in [0, 0.05) is 18.2 Å². The van der Waals surface area contributed by atoms with Crippen LogP contribution in [-0.4, -0.2) is 24.1 Å². The molecule has 2 heterocycles. The number of nitrogens with one attached hydrogen (secondary N) is 1. The summed E-state index contributed by atoms with van der Waals surface area (Å²) in [7, 11) is 0. The van der Waals surface area contributed by atoms with Gasteiger partial charge in [0.05, 0.1) is 4.99 Å². The first kappa shape index (κ1) is 11.2. The molecule has 0 aliphatic carbocycles. The van der Waals surface area contributed by atoms with Gasteiger partial charge in [-0.2, -0.15) is 0 Å². The van der Waals surface area contributed by atoms with Crippen LogP contribution in [0.2, 0.25) is 0 Å². The maximum atomic E-state index is 5.59. The summed E-state index contributed by atoms with van der Waals surface area (Å²) >= 11 is 5.59. The Morgan fingerprint density at radius 3 is 2.71 bits per heavy atom. The maximum Gasteiger partial charge on any atom is 0.0829 e. The zero-order valence-corrected chi connectivity index (χ0v) is 10.8. The van der Waals surface area contributed by atoms with Crippen LogP contribution in [-0.2, 0) is 6.42 Å². The van der Waals surface area contributed by atoms with E-state index < -0.39 is 0 Å². The summed E-state index contributed by atoms with van der Waals surface area (Å²) in [5.74, 6) is 0. The average Bonchev–Trinajstić information content (AvgIpc) is 2.39. The Kier molecular flexibility index (Phi) is 3.12. The lowest BCUT2D eigenvalue weighted by atomic mass is 9.96.